The lowest BCUT2D eigenvalue weighted by Gasteiger charge is -2.42. The Kier molecular flexibility index (Phi) is 9.90. The summed E-state index contributed by atoms with van der Waals surface area (Å²) in [6.07, 6.45) is 1.79. The Morgan fingerprint density at radius 3 is 1.84 bits per heavy atom. The maximum Gasteiger partial charge on any atom is 0.175 e. The fourth-order valence-corrected chi connectivity index (χ4v) is 6.37. The van der Waals surface area contributed by atoms with E-state index in [9.17, 15) is 4.79 Å². The molecule has 0 aromatic heterocycles. The Morgan fingerprint density at radius 1 is 0.682 bits per heavy atom. The largest absolute Gasteiger partial charge is 0.496 e. The summed E-state index contributed by atoms with van der Waals surface area (Å²) in [5.74, 6) is 0.216. The fraction of sp³-hybridized carbons (Fsp3) is 0.250. The Labute approximate surface area is 272 Å². The van der Waals surface area contributed by atoms with E-state index in [0.29, 0.717) is 59.1 Å². The van der Waals surface area contributed by atoms with Crippen molar-refractivity contribution in [1.29, 1.82) is 0 Å². The third-order valence-electron chi connectivity index (χ3n) is 7.91. The number of fused-ring (bicyclic) bond motifs is 1. The van der Waals surface area contributed by atoms with Crippen LogP contribution in [-0.2, 0) is 38.8 Å². The zero-order chi connectivity index (χ0) is 30.5. The van der Waals surface area contributed by atoms with Crippen LogP contribution in [0.1, 0.15) is 35.1 Å². The van der Waals surface area contributed by atoms with E-state index >= 15 is 0 Å². The number of ether oxygens (including phenoxy) is 4. The van der Waals surface area contributed by atoms with Crippen LogP contribution in [0.5, 0.6) is 5.75 Å². The minimum atomic E-state index is -0.473. The van der Waals surface area contributed by atoms with Gasteiger partial charge in [0, 0.05) is 27.9 Å². The molecule has 1 aliphatic carbocycles. The summed E-state index contributed by atoms with van der Waals surface area (Å²) >= 11 is 18.5. The number of allylic oxidation sites excluding steroid dienone is 1. The van der Waals surface area contributed by atoms with Gasteiger partial charge in [0.15, 0.2) is 5.78 Å². The van der Waals surface area contributed by atoms with Crippen LogP contribution >= 0.6 is 34.8 Å². The highest BCUT2D eigenvalue weighted by molar-refractivity contribution is 6.31. The second-order valence-corrected chi connectivity index (χ2v) is 12.4. The Balaban J connectivity index is 1.16. The molecule has 4 unspecified atom stereocenters. The first-order chi connectivity index (χ1) is 21.4. The van der Waals surface area contributed by atoms with Crippen LogP contribution in [0.4, 0.5) is 0 Å². The molecular formula is C36H31Cl3O5. The van der Waals surface area contributed by atoms with Crippen LogP contribution in [0.3, 0.4) is 0 Å². The average molecular weight is 650 g/mol. The normalized spacial score (nSPS) is 21.2. The van der Waals surface area contributed by atoms with Gasteiger partial charge in [0.05, 0.1) is 43.2 Å². The summed E-state index contributed by atoms with van der Waals surface area (Å²) in [6.45, 7) is 1.12. The van der Waals surface area contributed by atoms with E-state index in [1.807, 2.05) is 97.1 Å². The van der Waals surface area contributed by atoms with Crippen LogP contribution in [0.2, 0.25) is 15.1 Å². The molecule has 1 heterocycles. The lowest BCUT2D eigenvalue weighted by atomic mass is 9.75. The van der Waals surface area contributed by atoms with Crippen molar-refractivity contribution in [3.8, 4) is 5.75 Å². The summed E-state index contributed by atoms with van der Waals surface area (Å²) in [5.41, 5.74) is 4.17. The minimum absolute atomic E-state index is 0.00164. The van der Waals surface area contributed by atoms with Crippen molar-refractivity contribution in [2.45, 2.75) is 51.0 Å². The number of Topliss-reactive ketones (excluding diaryl/α,β-unsaturated/α-hetero) is 1. The van der Waals surface area contributed by atoms with Gasteiger partial charge in [-0.1, -0.05) is 83.3 Å². The minimum Gasteiger partial charge on any atom is -0.496 e. The quantitative estimate of drug-likeness (QED) is 0.172. The van der Waals surface area contributed by atoms with E-state index in [1.165, 1.54) is 0 Å². The maximum atomic E-state index is 14.0. The van der Waals surface area contributed by atoms with Crippen LogP contribution in [0.15, 0.2) is 103 Å². The van der Waals surface area contributed by atoms with Crippen molar-refractivity contribution >= 4 is 46.2 Å². The molecule has 44 heavy (non-hydrogen) atoms. The predicted molar refractivity (Wildman–Crippen MR) is 173 cm³/mol. The number of benzene rings is 4. The zero-order valence-electron chi connectivity index (χ0n) is 23.8. The third-order valence-corrected chi connectivity index (χ3v) is 8.61. The van der Waals surface area contributed by atoms with Gasteiger partial charge in [-0.25, -0.2) is 0 Å². The summed E-state index contributed by atoms with van der Waals surface area (Å²) in [7, 11) is 0. The monoisotopic (exact) mass is 648 g/mol. The van der Waals surface area contributed by atoms with Crippen molar-refractivity contribution in [2.75, 3.05) is 0 Å². The van der Waals surface area contributed by atoms with E-state index in [0.717, 1.165) is 22.3 Å². The van der Waals surface area contributed by atoms with Gasteiger partial charge in [-0.15, -0.1) is 0 Å². The molecule has 1 fully saturated rings. The van der Waals surface area contributed by atoms with Crippen LogP contribution in [-0.4, -0.2) is 24.1 Å². The summed E-state index contributed by atoms with van der Waals surface area (Å²) in [6, 6.07) is 30.2. The number of halogens is 3. The first-order valence-corrected chi connectivity index (χ1v) is 15.6. The number of carbonyl (C=O) groups excluding carboxylic acids is 1. The second kappa shape index (κ2) is 14.2. The van der Waals surface area contributed by atoms with E-state index in [-0.39, 0.29) is 18.0 Å². The molecule has 0 saturated heterocycles. The van der Waals surface area contributed by atoms with Crippen LogP contribution in [0.25, 0.3) is 5.57 Å². The second-order valence-electron chi connectivity index (χ2n) is 11.1. The molecule has 5 nitrogen and oxygen atoms in total. The molecule has 0 amide bonds. The highest BCUT2D eigenvalue weighted by atomic mass is 35.5. The third kappa shape index (κ3) is 7.66. The van der Waals surface area contributed by atoms with Crippen molar-refractivity contribution in [1.82, 2.24) is 0 Å². The molecule has 1 saturated carbocycles. The Morgan fingerprint density at radius 2 is 1.25 bits per heavy atom. The number of hydrogen-bond acceptors (Lipinski definition) is 5. The van der Waals surface area contributed by atoms with Crippen LogP contribution < -0.4 is 4.74 Å². The van der Waals surface area contributed by atoms with Crippen molar-refractivity contribution in [2.24, 2.45) is 5.92 Å². The first kappa shape index (κ1) is 30.7. The zero-order valence-corrected chi connectivity index (χ0v) is 26.1. The molecule has 0 N–H and O–H groups in total. The summed E-state index contributed by atoms with van der Waals surface area (Å²) in [5, 5.41) is 1.97. The molecule has 0 radical (unpaired) electrons. The molecule has 4 aromatic carbocycles. The molecular weight excluding hydrogens is 619 g/mol. The van der Waals surface area contributed by atoms with Gasteiger partial charge >= 0.3 is 0 Å². The summed E-state index contributed by atoms with van der Waals surface area (Å²) in [4.78, 5) is 14.0. The van der Waals surface area contributed by atoms with Gasteiger partial charge in [0.25, 0.3) is 0 Å². The number of carbonyl (C=O) groups is 1. The molecule has 4 aromatic rings. The molecule has 8 heteroatoms. The highest BCUT2D eigenvalue weighted by Gasteiger charge is 2.47. The fourth-order valence-electron chi connectivity index (χ4n) is 5.73. The maximum absolute atomic E-state index is 14.0. The summed E-state index contributed by atoms with van der Waals surface area (Å²) < 4.78 is 24.9. The predicted octanol–water partition coefficient (Wildman–Crippen LogP) is 9.12. The smallest absolute Gasteiger partial charge is 0.175 e. The SMILES string of the molecule is O=C1C(c2ccc(OCc3cccc(Cl)c3)cc2)=COC2CC(OCc3cccc(Cl)c3)CC(OCc3cccc(Cl)c3)C12. The van der Waals surface area contributed by atoms with E-state index in [1.54, 1.807) is 6.26 Å². The lowest BCUT2D eigenvalue weighted by Crippen LogP contribution is -2.50. The highest BCUT2D eigenvalue weighted by Crippen LogP contribution is 2.40. The van der Waals surface area contributed by atoms with Gasteiger partial charge in [0.2, 0.25) is 0 Å². The molecule has 0 bridgehead atoms. The standard InChI is InChI=1S/C36H31Cl3O5/c37-27-7-1-4-23(14-27)19-41-30-12-10-26(11-13-30)32-22-44-34-18-31(42-20-24-5-2-8-28(38)15-24)17-33(35(34)36(32)40)43-21-25-6-3-9-29(39)16-25/h1-16,22,31,33-35H,17-21H2. The lowest BCUT2D eigenvalue weighted by molar-refractivity contribution is -0.152. The van der Waals surface area contributed by atoms with Crippen molar-refractivity contribution in [3.63, 3.8) is 0 Å². The van der Waals surface area contributed by atoms with Crippen LogP contribution in [0, 0.1) is 5.92 Å². The van der Waals surface area contributed by atoms with Crippen molar-refractivity contribution in [3.05, 3.63) is 141 Å². The molecule has 2 aliphatic rings. The molecule has 6 rings (SSSR count). The topological polar surface area (TPSA) is 54.0 Å². The number of rotatable bonds is 10. The molecule has 0 spiro atoms. The van der Waals surface area contributed by atoms with Gasteiger partial charge in [-0.2, -0.15) is 0 Å². The number of hydrogen-bond donors (Lipinski definition) is 0. The number of ketones is 1. The molecule has 4 atom stereocenters. The Hall–Kier alpha value is -3.32. The average Bonchev–Trinajstić information content (AvgIpc) is 3.02. The van der Waals surface area contributed by atoms with E-state index < -0.39 is 12.0 Å². The van der Waals surface area contributed by atoms with Gasteiger partial charge in [-0.05, 0) is 70.8 Å². The van der Waals surface area contributed by atoms with Gasteiger partial charge in [0.1, 0.15) is 18.5 Å². The first-order valence-electron chi connectivity index (χ1n) is 14.5. The molecule has 226 valence electrons. The molecule has 1 aliphatic heterocycles. The Bertz CT molecular complexity index is 1640. The van der Waals surface area contributed by atoms with E-state index in [4.69, 9.17) is 53.8 Å². The van der Waals surface area contributed by atoms with Gasteiger partial charge in [-0.3, -0.25) is 4.79 Å². The van der Waals surface area contributed by atoms with Gasteiger partial charge < -0.3 is 18.9 Å². The van der Waals surface area contributed by atoms with Crippen molar-refractivity contribution < 1.29 is 23.7 Å². The van der Waals surface area contributed by atoms with E-state index in [2.05, 4.69) is 0 Å².